The van der Waals surface area contributed by atoms with Crippen LogP contribution in [0, 0.1) is 0 Å². The quantitative estimate of drug-likeness (QED) is 0.587. The van der Waals surface area contributed by atoms with Crippen molar-refractivity contribution in [3.05, 3.63) is 40.4 Å². The number of hydrogen-bond donors (Lipinski definition) is 0. The average molecular weight is 240 g/mol. The molecule has 0 heterocycles. The fourth-order valence-electron chi connectivity index (χ4n) is 0.849. The molecule has 0 spiro atoms. The van der Waals surface area contributed by atoms with Crippen LogP contribution >= 0.6 is 15.9 Å². The molecular weight excluding hydrogens is 230 g/mol. The predicted molar refractivity (Wildman–Crippen MR) is 58.8 cm³/mol. The SMILES string of the molecule is CO/N=C/C(Br)=C/c1ccccc1. The second-order valence-corrected chi connectivity index (χ2v) is 3.27. The highest BCUT2D eigenvalue weighted by molar-refractivity contribution is 9.12. The van der Waals surface area contributed by atoms with Crippen molar-refractivity contribution in [2.75, 3.05) is 7.11 Å². The van der Waals surface area contributed by atoms with Crippen molar-refractivity contribution in [2.24, 2.45) is 5.16 Å². The van der Waals surface area contributed by atoms with E-state index in [-0.39, 0.29) is 0 Å². The number of hydrogen-bond acceptors (Lipinski definition) is 2. The summed E-state index contributed by atoms with van der Waals surface area (Å²) in [5.41, 5.74) is 1.12. The summed E-state index contributed by atoms with van der Waals surface area (Å²) < 4.78 is 0.876. The van der Waals surface area contributed by atoms with Gasteiger partial charge in [-0.25, -0.2) is 0 Å². The van der Waals surface area contributed by atoms with Gasteiger partial charge in [0.25, 0.3) is 0 Å². The van der Waals surface area contributed by atoms with E-state index < -0.39 is 0 Å². The first-order chi connectivity index (χ1) is 6.33. The molecule has 13 heavy (non-hydrogen) atoms. The Bertz CT molecular complexity index is 306. The fourth-order valence-corrected chi connectivity index (χ4v) is 1.20. The molecule has 0 bridgehead atoms. The van der Waals surface area contributed by atoms with Gasteiger partial charge in [-0.05, 0) is 27.6 Å². The van der Waals surface area contributed by atoms with E-state index >= 15 is 0 Å². The number of allylic oxidation sites excluding steroid dienone is 1. The van der Waals surface area contributed by atoms with Gasteiger partial charge in [0.1, 0.15) is 7.11 Å². The van der Waals surface area contributed by atoms with Crippen molar-refractivity contribution in [1.29, 1.82) is 0 Å². The maximum atomic E-state index is 4.55. The summed E-state index contributed by atoms with van der Waals surface area (Å²) in [7, 11) is 1.51. The minimum atomic E-state index is 0.876. The molecule has 0 aliphatic rings. The number of halogens is 1. The molecule has 0 saturated heterocycles. The highest BCUT2D eigenvalue weighted by Crippen LogP contribution is 2.09. The summed E-state index contributed by atoms with van der Waals surface area (Å²) in [5, 5.41) is 3.63. The van der Waals surface area contributed by atoms with Gasteiger partial charge >= 0.3 is 0 Å². The molecule has 3 heteroatoms. The van der Waals surface area contributed by atoms with Crippen molar-refractivity contribution in [1.82, 2.24) is 0 Å². The minimum absolute atomic E-state index is 0.876. The smallest absolute Gasteiger partial charge is 0.106 e. The van der Waals surface area contributed by atoms with Crippen LogP contribution in [-0.4, -0.2) is 13.3 Å². The molecule has 0 fully saturated rings. The molecule has 0 radical (unpaired) electrons. The standard InChI is InChI=1S/C10H10BrNO/c1-13-12-8-10(11)7-9-5-3-2-4-6-9/h2-8H,1H3/b10-7-,12-8+. The summed E-state index contributed by atoms with van der Waals surface area (Å²) in [4.78, 5) is 4.55. The Morgan fingerprint density at radius 2 is 2.08 bits per heavy atom. The molecule has 0 unspecified atom stereocenters. The third-order valence-electron chi connectivity index (χ3n) is 1.39. The number of oxime groups is 1. The van der Waals surface area contributed by atoms with Gasteiger partial charge in [0, 0.05) is 4.48 Å². The maximum Gasteiger partial charge on any atom is 0.106 e. The summed E-state index contributed by atoms with van der Waals surface area (Å²) in [6.07, 6.45) is 3.56. The maximum absolute atomic E-state index is 4.55. The first kappa shape index (κ1) is 9.99. The van der Waals surface area contributed by atoms with Gasteiger partial charge in [-0.2, -0.15) is 0 Å². The molecule has 0 atom stereocenters. The topological polar surface area (TPSA) is 21.6 Å². The van der Waals surface area contributed by atoms with E-state index in [0.29, 0.717) is 0 Å². The zero-order valence-corrected chi connectivity index (χ0v) is 8.86. The molecule has 1 aromatic rings. The molecule has 0 saturated carbocycles. The molecule has 1 aromatic carbocycles. The van der Waals surface area contributed by atoms with E-state index in [1.54, 1.807) is 6.21 Å². The largest absolute Gasteiger partial charge is 0.399 e. The summed E-state index contributed by atoms with van der Waals surface area (Å²) in [6.45, 7) is 0. The lowest BCUT2D eigenvalue weighted by molar-refractivity contribution is 0.215. The highest BCUT2D eigenvalue weighted by atomic mass is 79.9. The lowest BCUT2D eigenvalue weighted by atomic mass is 10.2. The zero-order valence-electron chi connectivity index (χ0n) is 7.27. The summed E-state index contributed by atoms with van der Waals surface area (Å²) in [5.74, 6) is 0. The van der Waals surface area contributed by atoms with Gasteiger partial charge in [-0.15, -0.1) is 0 Å². The Morgan fingerprint density at radius 3 is 2.69 bits per heavy atom. The van der Waals surface area contributed by atoms with E-state index in [0.717, 1.165) is 10.0 Å². The monoisotopic (exact) mass is 239 g/mol. The van der Waals surface area contributed by atoms with Crippen molar-refractivity contribution >= 4 is 28.2 Å². The lowest BCUT2D eigenvalue weighted by Gasteiger charge is -1.92. The average Bonchev–Trinajstić information content (AvgIpc) is 2.16. The third kappa shape index (κ3) is 3.90. The zero-order chi connectivity index (χ0) is 9.52. The Balaban J connectivity index is 2.71. The van der Waals surface area contributed by atoms with Crippen molar-refractivity contribution < 1.29 is 4.84 Å². The first-order valence-electron chi connectivity index (χ1n) is 3.81. The van der Waals surface area contributed by atoms with E-state index in [9.17, 15) is 0 Å². The molecule has 0 aliphatic heterocycles. The summed E-state index contributed by atoms with van der Waals surface area (Å²) in [6, 6.07) is 9.98. The molecule has 0 amide bonds. The van der Waals surface area contributed by atoms with Gasteiger partial charge in [0.05, 0.1) is 6.21 Å². The van der Waals surface area contributed by atoms with Crippen LogP contribution in [0.15, 0.2) is 40.0 Å². The predicted octanol–water partition coefficient (Wildman–Crippen LogP) is 3.05. The van der Waals surface area contributed by atoms with Crippen LogP contribution in [0.1, 0.15) is 5.56 Å². The Hall–Kier alpha value is -1.09. The van der Waals surface area contributed by atoms with Crippen molar-refractivity contribution in [3.63, 3.8) is 0 Å². The van der Waals surface area contributed by atoms with Crippen LogP contribution in [0.3, 0.4) is 0 Å². The fraction of sp³-hybridized carbons (Fsp3) is 0.100. The van der Waals surface area contributed by atoms with Gasteiger partial charge in [-0.1, -0.05) is 35.5 Å². The van der Waals surface area contributed by atoms with Gasteiger partial charge < -0.3 is 4.84 Å². The molecule has 68 valence electrons. The van der Waals surface area contributed by atoms with Gasteiger partial charge in [0.2, 0.25) is 0 Å². The highest BCUT2D eigenvalue weighted by Gasteiger charge is 1.87. The van der Waals surface area contributed by atoms with E-state index in [1.807, 2.05) is 36.4 Å². The van der Waals surface area contributed by atoms with Crippen molar-refractivity contribution in [2.45, 2.75) is 0 Å². The molecule has 2 nitrogen and oxygen atoms in total. The Labute approximate surface area is 86.0 Å². The second kappa shape index (κ2) is 5.54. The van der Waals surface area contributed by atoms with Gasteiger partial charge in [0.15, 0.2) is 0 Å². The molecule has 0 N–H and O–H groups in total. The Kier molecular flexibility index (Phi) is 4.26. The lowest BCUT2D eigenvalue weighted by Crippen LogP contribution is -1.76. The first-order valence-corrected chi connectivity index (χ1v) is 4.61. The van der Waals surface area contributed by atoms with E-state index in [1.165, 1.54) is 7.11 Å². The van der Waals surface area contributed by atoms with E-state index in [2.05, 4.69) is 25.9 Å². The van der Waals surface area contributed by atoms with Crippen LogP contribution in [0.5, 0.6) is 0 Å². The van der Waals surface area contributed by atoms with Gasteiger partial charge in [-0.3, -0.25) is 0 Å². The summed E-state index contributed by atoms with van der Waals surface area (Å²) >= 11 is 3.35. The Morgan fingerprint density at radius 1 is 1.38 bits per heavy atom. The van der Waals surface area contributed by atoms with Crippen LogP contribution in [0.2, 0.25) is 0 Å². The van der Waals surface area contributed by atoms with Crippen LogP contribution in [0.25, 0.3) is 6.08 Å². The molecule has 1 rings (SSSR count). The second-order valence-electron chi connectivity index (χ2n) is 2.36. The molecular formula is C10H10BrNO. The van der Waals surface area contributed by atoms with Crippen LogP contribution in [-0.2, 0) is 4.84 Å². The van der Waals surface area contributed by atoms with Crippen molar-refractivity contribution in [3.8, 4) is 0 Å². The van der Waals surface area contributed by atoms with Crippen LogP contribution in [0.4, 0.5) is 0 Å². The number of rotatable bonds is 3. The van der Waals surface area contributed by atoms with Crippen LogP contribution < -0.4 is 0 Å². The minimum Gasteiger partial charge on any atom is -0.399 e. The molecule has 0 aliphatic carbocycles. The van der Waals surface area contributed by atoms with E-state index in [4.69, 9.17) is 0 Å². The molecule has 0 aromatic heterocycles. The third-order valence-corrected chi connectivity index (χ3v) is 1.82. The normalized spacial score (nSPS) is 12.0. The number of benzene rings is 1. The number of nitrogens with zero attached hydrogens (tertiary/aromatic N) is 1.